The van der Waals surface area contributed by atoms with Crippen LogP contribution >= 0.6 is 0 Å². The molecule has 26 heavy (non-hydrogen) atoms. The summed E-state index contributed by atoms with van der Waals surface area (Å²) in [6.45, 7) is 1.34. The van der Waals surface area contributed by atoms with Crippen LogP contribution in [-0.2, 0) is 16.4 Å². The Kier molecular flexibility index (Phi) is 5.61. The zero-order chi connectivity index (χ0) is 18.6. The third-order valence-corrected chi connectivity index (χ3v) is 5.46. The van der Waals surface area contributed by atoms with Crippen molar-refractivity contribution in [3.63, 3.8) is 0 Å². The van der Waals surface area contributed by atoms with Crippen LogP contribution in [0.5, 0.6) is 0 Å². The van der Waals surface area contributed by atoms with Gasteiger partial charge in [-0.2, -0.15) is 0 Å². The largest absolute Gasteiger partial charge is 0.359 e. The molecule has 3 rings (SSSR count). The van der Waals surface area contributed by atoms with Crippen molar-refractivity contribution < 1.29 is 17.7 Å². The smallest absolute Gasteiger partial charge is 0.317 e. The number of hydrogen-bond donors (Lipinski definition) is 1. The minimum atomic E-state index is -3.03. The maximum atomic E-state index is 12.4. The summed E-state index contributed by atoms with van der Waals surface area (Å²) in [7, 11) is -3.03. The Morgan fingerprint density at radius 1 is 1.35 bits per heavy atom. The SMILES string of the molecule is CS(=O)(=O)C[C@H]1CCCN(C(=O)NCc2cc(-c3ccccc3)no2)C1. The van der Waals surface area contributed by atoms with Crippen LogP contribution < -0.4 is 5.32 Å². The van der Waals surface area contributed by atoms with Crippen molar-refractivity contribution in [2.45, 2.75) is 19.4 Å². The molecule has 2 heterocycles. The van der Waals surface area contributed by atoms with Crippen molar-refractivity contribution in [1.82, 2.24) is 15.4 Å². The molecular weight excluding hydrogens is 354 g/mol. The summed E-state index contributed by atoms with van der Waals surface area (Å²) in [6, 6.07) is 11.3. The number of nitrogens with one attached hydrogen (secondary N) is 1. The fourth-order valence-corrected chi connectivity index (χ4v) is 4.36. The van der Waals surface area contributed by atoms with Crippen molar-refractivity contribution in [3.8, 4) is 11.3 Å². The zero-order valence-corrected chi connectivity index (χ0v) is 15.5. The van der Waals surface area contributed by atoms with Crippen LogP contribution in [0.3, 0.4) is 0 Å². The minimum Gasteiger partial charge on any atom is -0.359 e. The van der Waals surface area contributed by atoms with Gasteiger partial charge in [-0.1, -0.05) is 35.5 Å². The van der Waals surface area contributed by atoms with E-state index in [1.807, 2.05) is 30.3 Å². The molecule has 1 aliphatic heterocycles. The van der Waals surface area contributed by atoms with Crippen LogP contribution in [0.15, 0.2) is 40.9 Å². The number of hydrogen-bond acceptors (Lipinski definition) is 5. The lowest BCUT2D eigenvalue weighted by atomic mass is 10.0. The fraction of sp³-hybridized carbons (Fsp3) is 0.444. The number of rotatable bonds is 5. The third kappa shape index (κ3) is 5.08. The van der Waals surface area contributed by atoms with E-state index in [2.05, 4.69) is 10.5 Å². The molecule has 1 fully saturated rings. The van der Waals surface area contributed by atoms with Crippen molar-refractivity contribution in [2.24, 2.45) is 5.92 Å². The average molecular weight is 377 g/mol. The van der Waals surface area contributed by atoms with Crippen molar-refractivity contribution in [2.75, 3.05) is 25.1 Å². The number of likely N-dealkylation sites (tertiary alicyclic amines) is 1. The molecule has 1 atom stereocenters. The Morgan fingerprint density at radius 3 is 2.85 bits per heavy atom. The quantitative estimate of drug-likeness (QED) is 0.863. The van der Waals surface area contributed by atoms with Gasteiger partial charge in [0.15, 0.2) is 5.76 Å². The van der Waals surface area contributed by atoms with Crippen LogP contribution in [0.4, 0.5) is 4.79 Å². The number of carbonyl (C=O) groups is 1. The lowest BCUT2D eigenvalue weighted by Crippen LogP contribution is -2.46. The molecule has 0 unspecified atom stereocenters. The van der Waals surface area contributed by atoms with E-state index in [-0.39, 0.29) is 24.2 Å². The lowest BCUT2D eigenvalue weighted by Gasteiger charge is -2.32. The van der Waals surface area contributed by atoms with E-state index in [0.717, 1.165) is 24.1 Å². The van der Waals surface area contributed by atoms with E-state index in [1.54, 1.807) is 11.0 Å². The molecule has 1 aromatic carbocycles. The van der Waals surface area contributed by atoms with Gasteiger partial charge in [0.05, 0.1) is 12.3 Å². The van der Waals surface area contributed by atoms with Gasteiger partial charge in [-0.05, 0) is 18.8 Å². The van der Waals surface area contributed by atoms with Gasteiger partial charge in [-0.15, -0.1) is 0 Å². The Balaban J connectivity index is 1.53. The molecule has 1 aromatic heterocycles. The molecule has 1 N–H and O–H groups in total. The highest BCUT2D eigenvalue weighted by atomic mass is 32.2. The summed E-state index contributed by atoms with van der Waals surface area (Å²) in [5, 5.41) is 6.84. The zero-order valence-electron chi connectivity index (χ0n) is 14.7. The Labute approximate surface area is 153 Å². The number of amides is 2. The Bertz CT molecular complexity index is 848. The molecule has 0 spiro atoms. The van der Waals surface area contributed by atoms with Crippen molar-refractivity contribution in [3.05, 3.63) is 42.2 Å². The number of carbonyl (C=O) groups excluding carboxylic acids is 1. The standard InChI is InChI=1S/C18H23N3O4S/c1-26(23,24)13-14-6-5-9-21(12-14)18(22)19-11-16-10-17(20-25-16)15-7-3-2-4-8-15/h2-4,7-8,10,14H,5-6,9,11-13H2,1H3,(H,19,22)/t14-/m0/s1. The normalized spacial score (nSPS) is 17.9. The number of benzene rings is 1. The summed E-state index contributed by atoms with van der Waals surface area (Å²) >= 11 is 0. The first-order chi connectivity index (χ1) is 12.4. The number of urea groups is 1. The average Bonchev–Trinajstić information content (AvgIpc) is 3.08. The molecule has 0 saturated carbocycles. The first-order valence-corrected chi connectivity index (χ1v) is 10.7. The number of sulfone groups is 1. The maximum absolute atomic E-state index is 12.4. The second-order valence-corrected chi connectivity index (χ2v) is 8.93. The summed E-state index contributed by atoms with van der Waals surface area (Å²) in [5.41, 5.74) is 1.68. The van der Waals surface area contributed by atoms with Crippen LogP contribution in [0.1, 0.15) is 18.6 Å². The summed E-state index contributed by atoms with van der Waals surface area (Å²) < 4.78 is 28.2. The summed E-state index contributed by atoms with van der Waals surface area (Å²) in [5.74, 6) is 0.695. The van der Waals surface area contributed by atoms with E-state index >= 15 is 0 Å². The van der Waals surface area contributed by atoms with Gasteiger partial charge in [0.1, 0.15) is 15.5 Å². The monoisotopic (exact) mass is 377 g/mol. The Hall–Kier alpha value is -2.35. The predicted molar refractivity (Wildman–Crippen MR) is 98.2 cm³/mol. The molecule has 1 aliphatic rings. The first-order valence-electron chi connectivity index (χ1n) is 8.62. The lowest BCUT2D eigenvalue weighted by molar-refractivity contribution is 0.169. The number of aromatic nitrogens is 1. The highest BCUT2D eigenvalue weighted by Crippen LogP contribution is 2.20. The molecule has 8 heteroatoms. The van der Waals surface area contributed by atoms with Gasteiger partial charge in [0.25, 0.3) is 0 Å². The number of nitrogens with zero attached hydrogens (tertiary/aromatic N) is 2. The van der Waals surface area contributed by atoms with Crippen molar-refractivity contribution >= 4 is 15.9 Å². The second-order valence-electron chi connectivity index (χ2n) is 6.75. The molecule has 140 valence electrons. The third-order valence-electron chi connectivity index (χ3n) is 4.39. The highest BCUT2D eigenvalue weighted by Gasteiger charge is 2.26. The van der Waals surface area contributed by atoms with Gasteiger partial charge in [0.2, 0.25) is 0 Å². The first kappa shape index (κ1) is 18.4. The minimum absolute atomic E-state index is 0.000497. The summed E-state index contributed by atoms with van der Waals surface area (Å²) in [6.07, 6.45) is 2.88. The fourth-order valence-electron chi connectivity index (χ4n) is 3.23. The topological polar surface area (TPSA) is 92.5 Å². The van der Waals surface area contributed by atoms with E-state index in [0.29, 0.717) is 18.8 Å². The summed E-state index contributed by atoms with van der Waals surface area (Å²) in [4.78, 5) is 14.0. The van der Waals surface area contributed by atoms with E-state index < -0.39 is 9.84 Å². The van der Waals surface area contributed by atoms with E-state index in [1.165, 1.54) is 6.26 Å². The van der Waals surface area contributed by atoms with Gasteiger partial charge in [-0.25, -0.2) is 13.2 Å². The predicted octanol–water partition coefficient (Wildman–Crippen LogP) is 2.31. The van der Waals surface area contributed by atoms with Crippen molar-refractivity contribution in [1.29, 1.82) is 0 Å². The van der Waals surface area contributed by atoms with Gasteiger partial charge in [-0.3, -0.25) is 0 Å². The molecular formula is C18H23N3O4S. The number of piperidine rings is 1. The molecule has 0 radical (unpaired) electrons. The van der Waals surface area contributed by atoms with Crippen LogP contribution in [-0.4, -0.2) is 49.6 Å². The molecule has 0 aliphatic carbocycles. The van der Waals surface area contributed by atoms with E-state index in [9.17, 15) is 13.2 Å². The molecule has 1 saturated heterocycles. The van der Waals surface area contributed by atoms with Gasteiger partial charge >= 0.3 is 6.03 Å². The second kappa shape index (κ2) is 7.90. The van der Waals surface area contributed by atoms with Crippen LogP contribution in [0.2, 0.25) is 0 Å². The van der Waals surface area contributed by atoms with Crippen LogP contribution in [0, 0.1) is 5.92 Å². The molecule has 7 nitrogen and oxygen atoms in total. The molecule has 2 amide bonds. The maximum Gasteiger partial charge on any atom is 0.317 e. The molecule has 2 aromatic rings. The Morgan fingerprint density at radius 2 is 2.12 bits per heavy atom. The molecule has 0 bridgehead atoms. The highest BCUT2D eigenvalue weighted by molar-refractivity contribution is 7.90. The van der Waals surface area contributed by atoms with Gasteiger partial charge < -0.3 is 14.7 Å². The van der Waals surface area contributed by atoms with Gasteiger partial charge in [0, 0.05) is 31.0 Å². The van der Waals surface area contributed by atoms with E-state index in [4.69, 9.17) is 4.52 Å². The van der Waals surface area contributed by atoms with Crippen LogP contribution in [0.25, 0.3) is 11.3 Å².